The molecule has 1 aliphatic carbocycles. The van der Waals surface area contributed by atoms with Crippen molar-refractivity contribution in [1.29, 1.82) is 0 Å². The molecular weight excluding hydrogens is 326 g/mol. The summed E-state index contributed by atoms with van der Waals surface area (Å²) in [5, 5.41) is 3.87. The highest BCUT2D eigenvalue weighted by atomic mass is 35.5. The minimum Gasteiger partial charge on any atom is -0.346 e. The van der Waals surface area contributed by atoms with Crippen molar-refractivity contribution in [2.24, 2.45) is 5.92 Å². The molecule has 2 fully saturated rings. The van der Waals surface area contributed by atoms with E-state index in [1.165, 1.54) is 0 Å². The number of benzene rings is 1. The van der Waals surface area contributed by atoms with Crippen LogP contribution in [0.1, 0.15) is 24.8 Å². The number of rotatable bonds is 6. The van der Waals surface area contributed by atoms with Gasteiger partial charge in [0.2, 0.25) is 11.8 Å². The standard InChI is InChI=1S/C18H24ClN3O2/c1-21(2)9-10-22-12-13(11-16(22)23)17(24)20-18(7-8-18)14-3-5-15(19)6-4-14/h3-6,13H,7-12H2,1-2H3,(H,20,24). The largest absolute Gasteiger partial charge is 0.346 e. The molecule has 1 aliphatic heterocycles. The zero-order valence-electron chi connectivity index (χ0n) is 14.2. The van der Waals surface area contributed by atoms with Gasteiger partial charge in [-0.3, -0.25) is 9.59 Å². The van der Waals surface area contributed by atoms with Crippen LogP contribution in [0.2, 0.25) is 5.02 Å². The van der Waals surface area contributed by atoms with Crippen LogP contribution in [0, 0.1) is 5.92 Å². The average Bonchev–Trinajstić information content (AvgIpc) is 3.21. The van der Waals surface area contributed by atoms with Crippen molar-refractivity contribution in [1.82, 2.24) is 15.1 Å². The molecule has 0 aromatic heterocycles. The topological polar surface area (TPSA) is 52.6 Å². The smallest absolute Gasteiger partial charge is 0.226 e. The van der Waals surface area contributed by atoms with Gasteiger partial charge in [-0.1, -0.05) is 23.7 Å². The van der Waals surface area contributed by atoms with Gasteiger partial charge in [-0.05, 0) is 44.6 Å². The fourth-order valence-corrected chi connectivity index (χ4v) is 3.33. The second-order valence-corrected chi connectivity index (χ2v) is 7.56. The third-order valence-electron chi connectivity index (χ3n) is 4.91. The lowest BCUT2D eigenvalue weighted by molar-refractivity contribution is -0.129. The Morgan fingerprint density at radius 1 is 1.33 bits per heavy atom. The lowest BCUT2D eigenvalue weighted by Crippen LogP contribution is -2.40. The van der Waals surface area contributed by atoms with E-state index in [2.05, 4.69) is 5.32 Å². The van der Waals surface area contributed by atoms with E-state index in [9.17, 15) is 9.59 Å². The van der Waals surface area contributed by atoms with Crippen molar-refractivity contribution in [3.05, 3.63) is 34.9 Å². The Hall–Kier alpha value is -1.59. The van der Waals surface area contributed by atoms with Crippen LogP contribution in [0.4, 0.5) is 0 Å². The summed E-state index contributed by atoms with van der Waals surface area (Å²) in [6.45, 7) is 2.02. The highest BCUT2D eigenvalue weighted by Crippen LogP contribution is 2.46. The molecule has 6 heteroatoms. The van der Waals surface area contributed by atoms with Gasteiger partial charge in [-0.2, -0.15) is 0 Å². The van der Waals surface area contributed by atoms with Crippen LogP contribution < -0.4 is 5.32 Å². The third-order valence-corrected chi connectivity index (χ3v) is 5.16. The second-order valence-electron chi connectivity index (χ2n) is 7.12. The van der Waals surface area contributed by atoms with Gasteiger partial charge in [0.25, 0.3) is 0 Å². The number of carbonyl (C=O) groups is 2. The lowest BCUT2D eigenvalue weighted by Gasteiger charge is -2.21. The molecule has 1 N–H and O–H groups in total. The summed E-state index contributed by atoms with van der Waals surface area (Å²) < 4.78 is 0. The fourth-order valence-electron chi connectivity index (χ4n) is 3.20. The van der Waals surface area contributed by atoms with Crippen molar-refractivity contribution in [3.63, 3.8) is 0 Å². The Labute approximate surface area is 147 Å². The maximum absolute atomic E-state index is 12.6. The molecule has 1 saturated heterocycles. The maximum atomic E-state index is 12.6. The van der Waals surface area contributed by atoms with Crippen molar-refractivity contribution >= 4 is 23.4 Å². The van der Waals surface area contributed by atoms with E-state index in [0.29, 0.717) is 24.5 Å². The minimum atomic E-state index is -0.262. The zero-order valence-corrected chi connectivity index (χ0v) is 15.0. The van der Waals surface area contributed by atoms with Gasteiger partial charge in [0.05, 0.1) is 11.5 Å². The molecule has 1 aromatic carbocycles. The number of amides is 2. The Morgan fingerprint density at radius 2 is 2.00 bits per heavy atom. The SMILES string of the molecule is CN(C)CCN1CC(C(=O)NC2(c3ccc(Cl)cc3)CC2)CC1=O. The first-order chi connectivity index (χ1) is 11.4. The lowest BCUT2D eigenvalue weighted by atomic mass is 10.0. The predicted octanol–water partition coefficient (Wildman–Crippen LogP) is 1.86. The van der Waals surface area contributed by atoms with Crippen LogP contribution in [-0.4, -0.2) is 55.3 Å². The highest BCUT2D eigenvalue weighted by Gasteiger charge is 2.47. The molecule has 2 aliphatic rings. The molecule has 0 bridgehead atoms. The quantitative estimate of drug-likeness (QED) is 0.852. The number of hydrogen-bond acceptors (Lipinski definition) is 3. The number of nitrogens with zero attached hydrogens (tertiary/aromatic N) is 2. The van der Waals surface area contributed by atoms with E-state index < -0.39 is 0 Å². The van der Waals surface area contributed by atoms with Crippen molar-refractivity contribution in [2.75, 3.05) is 33.7 Å². The van der Waals surface area contributed by atoms with Gasteiger partial charge in [0, 0.05) is 31.1 Å². The van der Waals surface area contributed by atoms with Gasteiger partial charge in [-0.15, -0.1) is 0 Å². The van der Waals surface area contributed by atoms with E-state index in [4.69, 9.17) is 11.6 Å². The fraction of sp³-hybridized carbons (Fsp3) is 0.556. The molecular formula is C18H24ClN3O2. The first kappa shape index (κ1) is 17.2. The monoisotopic (exact) mass is 349 g/mol. The molecule has 1 aromatic rings. The van der Waals surface area contributed by atoms with Gasteiger partial charge in [-0.25, -0.2) is 0 Å². The number of halogens is 1. The van der Waals surface area contributed by atoms with Crippen LogP contribution in [0.5, 0.6) is 0 Å². The van der Waals surface area contributed by atoms with Crippen LogP contribution >= 0.6 is 11.6 Å². The van der Waals surface area contributed by atoms with Crippen LogP contribution in [0.15, 0.2) is 24.3 Å². The Morgan fingerprint density at radius 3 is 2.58 bits per heavy atom. The summed E-state index contributed by atoms with van der Waals surface area (Å²) >= 11 is 5.94. The maximum Gasteiger partial charge on any atom is 0.226 e. The average molecular weight is 350 g/mol. The zero-order chi connectivity index (χ0) is 17.3. The first-order valence-electron chi connectivity index (χ1n) is 8.40. The molecule has 1 atom stereocenters. The number of nitrogens with one attached hydrogen (secondary N) is 1. The van der Waals surface area contributed by atoms with Gasteiger partial charge in [0.1, 0.15) is 0 Å². The third kappa shape index (κ3) is 3.73. The molecule has 1 saturated carbocycles. The summed E-state index contributed by atoms with van der Waals surface area (Å²) in [6, 6.07) is 7.65. The molecule has 2 amide bonds. The van der Waals surface area contributed by atoms with Gasteiger partial charge < -0.3 is 15.1 Å². The second kappa shape index (κ2) is 6.73. The molecule has 0 radical (unpaired) electrons. The van der Waals surface area contributed by atoms with E-state index in [0.717, 1.165) is 24.9 Å². The molecule has 1 unspecified atom stereocenters. The first-order valence-corrected chi connectivity index (χ1v) is 8.78. The molecule has 24 heavy (non-hydrogen) atoms. The summed E-state index contributed by atoms with van der Waals surface area (Å²) in [7, 11) is 3.96. The summed E-state index contributed by atoms with van der Waals surface area (Å²) in [5.41, 5.74) is 0.830. The normalized spacial score (nSPS) is 22.1. The number of hydrogen-bond donors (Lipinski definition) is 1. The molecule has 1 heterocycles. The highest BCUT2D eigenvalue weighted by molar-refractivity contribution is 6.30. The van der Waals surface area contributed by atoms with Crippen LogP contribution in [0.3, 0.4) is 0 Å². The predicted molar refractivity (Wildman–Crippen MR) is 93.7 cm³/mol. The Bertz CT molecular complexity index is 626. The summed E-state index contributed by atoms with van der Waals surface area (Å²) in [5.74, 6) is -0.180. The summed E-state index contributed by atoms with van der Waals surface area (Å²) in [4.78, 5) is 28.6. The molecule has 5 nitrogen and oxygen atoms in total. The number of likely N-dealkylation sites (tertiary alicyclic amines) is 1. The molecule has 3 rings (SSSR count). The number of likely N-dealkylation sites (N-methyl/N-ethyl adjacent to an activating group) is 1. The van der Waals surface area contributed by atoms with E-state index in [1.54, 1.807) is 4.90 Å². The van der Waals surface area contributed by atoms with Crippen molar-refractivity contribution in [3.8, 4) is 0 Å². The molecule has 0 spiro atoms. The van der Waals surface area contributed by atoms with Crippen molar-refractivity contribution < 1.29 is 9.59 Å². The van der Waals surface area contributed by atoms with Crippen LogP contribution in [-0.2, 0) is 15.1 Å². The Kier molecular flexibility index (Phi) is 4.83. The van der Waals surface area contributed by atoms with E-state index in [1.807, 2.05) is 43.3 Å². The molecule has 130 valence electrons. The summed E-state index contributed by atoms with van der Waals surface area (Å²) in [6.07, 6.45) is 2.19. The van der Waals surface area contributed by atoms with Crippen molar-refractivity contribution in [2.45, 2.75) is 24.8 Å². The van der Waals surface area contributed by atoms with Crippen LogP contribution in [0.25, 0.3) is 0 Å². The Balaban J connectivity index is 1.59. The van der Waals surface area contributed by atoms with E-state index >= 15 is 0 Å². The van der Waals surface area contributed by atoms with Gasteiger partial charge in [0.15, 0.2) is 0 Å². The number of carbonyl (C=O) groups excluding carboxylic acids is 2. The van der Waals surface area contributed by atoms with Gasteiger partial charge >= 0.3 is 0 Å². The minimum absolute atomic E-state index is 0.0110. The van der Waals surface area contributed by atoms with E-state index in [-0.39, 0.29) is 23.3 Å².